The quantitative estimate of drug-likeness (QED) is 0.840. The second-order valence-corrected chi connectivity index (χ2v) is 5.39. The van der Waals surface area contributed by atoms with Crippen LogP contribution in [0.4, 0.5) is 0 Å². The van der Waals surface area contributed by atoms with E-state index in [1.807, 2.05) is 18.4 Å². The van der Waals surface area contributed by atoms with E-state index in [1.165, 1.54) is 0 Å². The number of hydrogen-bond acceptors (Lipinski definition) is 3. The highest BCUT2D eigenvalue weighted by atomic mass is 32.2. The summed E-state index contributed by atoms with van der Waals surface area (Å²) in [5.74, 6) is -0.854. The van der Waals surface area contributed by atoms with E-state index in [4.69, 9.17) is 5.11 Å². The van der Waals surface area contributed by atoms with E-state index in [2.05, 4.69) is 5.32 Å². The van der Waals surface area contributed by atoms with Gasteiger partial charge in [0, 0.05) is 17.4 Å². The molecule has 1 amide bonds. The standard InChI is InChI=1S/C14H19NO3S/c1-9(14(17)18)10(2)15-13(16)12-6-4-11(5-7-12)8-19-3/h4-7,9-10H,8H2,1-3H3,(H,15,16)(H,17,18). The largest absolute Gasteiger partial charge is 0.481 e. The Morgan fingerprint density at radius 1 is 1.26 bits per heavy atom. The van der Waals surface area contributed by atoms with Gasteiger partial charge in [-0.2, -0.15) is 11.8 Å². The molecule has 0 aliphatic carbocycles. The third-order valence-electron chi connectivity index (χ3n) is 3.03. The normalized spacial score (nSPS) is 13.6. The number of carbonyl (C=O) groups is 2. The molecule has 1 aromatic rings. The van der Waals surface area contributed by atoms with Crippen molar-refractivity contribution in [2.75, 3.05) is 6.26 Å². The van der Waals surface area contributed by atoms with Gasteiger partial charge in [-0.05, 0) is 37.8 Å². The predicted molar refractivity (Wildman–Crippen MR) is 77.4 cm³/mol. The van der Waals surface area contributed by atoms with Crippen LogP contribution in [0.15, 0.2) is 24.3 Å². The van der Waals surface area contributed by atoms with Gasteiger partial charge in [0.05, 0.1) is 5.92 Å². The lowest BCUT2D eigenvalue weighted by molar-refractivity contribution is -0.141. The predicted octanol–water partition coefficient (Wildman–Crippen LogP) is 2.39. The fourth-order valence-corrected chi connectivity index (χ4v) is 2.07. The molecule has 1 aromatic carbocycles. The van der Waals surface area contributed by atoms with Crippen LogP contribution in [0.5, 0.6) is 0 Å². The van der Waals surface area contributed by atoms with Crippen LogP contribution in [-0.2, 0) is 10.5 Å². The van der Waals surface area contributed by atoms with Gasteiger partial charge in [-0.25, -0.2) is 0 Å². The number of hydrogen-bond donors (Lipinski definition) is 2. The topological polar surface area (TPSA) is 66.4 Å². The molecule has 1 rings (SSSR count). The molecule has 0 saturated heterocycles. The molecule has 0 aliphatic heterocycles. The first kappa shape index (κ1) is 15.6. The molecule has 4 nitrogen and oxygen atoms in total. The summed E-state index contributed by atoms with van der Waals surface area (Å²) in [5.41, 5.74) is 1.71. The van der Waals surface area contributed by atoms with Crippen molar-refractivity contribution in [1.82, 2.24) is 5.32 Å². The SMILES string of the molecule is CSCc1ccc(C(=O)NC(C)C(C)C(=O)O)cc1. The van der Waals surface area contributed by atoms with Gasteiger partial charge in [0.25, 0.3) is 5.91 Å². The van der Waals surface area contributed by atoms with E-state index < -0.39 is 17.9 Å². The van der Waals surface area contributed by atoms with E-state index in [1.54, 1.807) is 37.7 Å². The first-order valence-electron chi connectivity index (χ1n) is 6.07. The van der Waals surface area contributed by atoms with Crippen molar-refractivity contribution >= 4 is 23.6 Å². The van der Waals surface area contributed by atoms with Gasteiger partial charge in [-0.1, -0.05) is 12.1 Å². The fraction of sp³-hybridized carbons (Fsp3) is 0.429. The maximum atomic E-state index is 11.9. The average Bonchev–Trinajstić information content (AvgIpc) is 2.38. The highest BCUT2D eigenvalue weighted by Gasteiger charge is 2.21. The van der Waals surface area contributed by atoms with Gasteiger partial charge >= 0.3 is 5.97 Å². The van der Waals surface area contributed by atoms with Crippen molar-refractivity contribution in [2.45, 2.75) is 25.6 Å². The Morgan fingerprint density at radius 2 is 1.84 bits per heavy atom. The Kier molecular flexibility index (Phi) is 5.89. The van der Waals surface area contributed by atoms with Crippen LogP contribution in [0.3, 0.4) is 0 Å². The second-order valence-electron chi connectivity index (χ2n) is 4.52. The summed E-state index contributed by atoms with van der Waals surface area (Å²) in [6, 6.07) is 6.95. The van der Waals surface area contributed by atoms with Crippen LogP contribution in [0.2, 0.25) is 0 Å². The third-order valence-corrected chi connectivity index (χ3v) is 3.65. The van der Waals surface area contributed by atoms with Crippen molar-refractivity contribution < 1.29 is 14.7 Å². The van der Waals surface area contributed by atoms with E-state index in [9.17, 15) is 9.59 Å². The number of thioether (sulfide) groups is 1. The summed E-state index contributed by atoms with van der Waals surface area (Å²) >= 11 is 1.72. The maximum absolute atomic E-state index is 11.9. The summed E-state index contributed by atoms with van der Waals surface area (Å²) in [5, 5.41) is 11.6. The lowest BCUT2D eigenvalue weighted by Crippen LogP contribution is -2.40. The molecule has 0 spiro atoms. The number of amides is 1. The lowest BCUT2D eigenvalue weighted by Gasteiger charge is -2.17. The zero-order chi connectivity index (χ0) is 14.4. The molecule has 2 N–H and O–H groups in total. The van der Waals surface area contributed by atoms with E-state index in [0.29, 0.717) is 5.56 Å². The zero-order valence-electron chi connectivity index (χ0n) is 11.3. The molecule has 0 fully saturated rings. The fourth-order valence-electron chi connectivity index (χ4n) is 1.55. The van der Waals surface area contributed by atoms with Crippen molar-refractivity contribution in [3.63, 3.8) is 0 Å². The Morgan fingerprint density at radius 3 is 2.32 bits per heavy atom. The number of carboxylic acids is 1. The molecule has 0 bridgehead atoms. The van der Waals surface area contributed by atoms with Crippen molar-refractivity contribution in [2.24, 2.45) is 5.92 Å². The molecule has 2 atom stereocenters. The van der Waals surface area contributed by atoms with Gasteiger partial charge in [0.1, 0.15) is 0 Å². The zero-order valence-corrected chi connectivity index (χ0v) is 12.2. The Balaban J connectivity index is 2.65. The minimum absolute atomic E-state index is 0.240. The number of rotatable bonds is 6. The third kappa shape index (κ3) is 4.59. The molecule has 0 radical (unpaired) electrons. The highest BCUT2D eigenvalue weighted by molar-refractivity contribution is 7.97. The molecule has 5 heteroatoms. The van der Waals surface area contributed by atoms with E-state index >= 15 is 0 Å². The van der Waals surface area contributed by atoms with Crippen molar-refractivity contribution in [3.05, 3.63) is 35.4 Å². The summed E-state index contributed by atoms with van der Waals surface area (Å²) < 4.78 is 0. The van der Waals surface area contributed by atoms with Gasteiger partial charge in [-0.3, -0.25) is 9.59 Å². The maximum Gasteiger partial charge on any atom is 0.308 e. The van der Waals surface area contributed by atoms with Crippen LogP contribution in [0.1, 0.15) is 29.8 Å². The van der Waals surface area contributed by atoms with Gasteiger partial charge in [0.15, 0.2) is 0 Å². The van der Waals surface area contributed by atoms with Crippen LogP contribution in [0, 0.1) is 5.92 Å². The Hall–Kier alpha value is -1.49. The number of nitrogens with one attached hydrogen (secondary N) is 1. The summed E-state index contributed by atoms with van der Waals surface area (Å²) in [6.07, 6.45) is 2.02. The molecule has 0 heterocycles. The summed E-state index contributed by atoms with van der Waals surface area (Å²) in [6.45, 7) is 3.27. The molecule has 19 heavy (non-hydrogen) atoms. The minimum Gasteiger partial charge on any atom is -0.481 e. The smallest absolute Gasteiger partial charge is 0.308 e. The van der Waals surface area contributed by atoms with Crippen LogP contribution in [0.25, 0.3) is 0 Å². The van der Waals surface area contributed by atoms with Gasteiger partial charge in [0.2, 0.25) is 0 Å². The van der Waals surface area contributed by atoms with E-state index in [-0.39, 0.29) is 5.91 Å². The number of carboxylic acid groups (broad SMARTS) is 1. The molecule has 0 saturated carbocycles. The molecule has 0 aliphatic rings. The Bertz CT molecular complexity index is 445. The van der Waals surface area contributed by atoms with Crippen LogP contribution >= 0.6 is 11.8 Å². The molecule has 2 unspecified atom stereocenters. The van der Waals surface area contributed by atoms with Crippen molar-refractivity contribution in [3.8, 4) is 0 Å². The second kappa shape index (κ2) is 7.19. The number of carbonyl (C=O) groups excluding carboxylic acids is 1. The number of aliphatic carboxylic acids is 1. The first-order valence-corrected chi connectivity index (χ1v) is 7.46. The summed E-state index contributed by atoms with van der Waals surface area (Å²) in [7, 11) is 0. The van der Waals surface area contributed by atoms with E-state index in [0.717, 1.165) is 11.3 Å². The molecular formula is C14H19NO3S. The lowest BCUT2D eigenvalue weighted by atomic mass is 10.0. The summed E-state index contributed by atoms with van der Waals surface area (Å²) in [4.78, 5) is 22.8. The monoisotopic (exact) mass is 281 g/mol. The van der Waals surface area contributed by atoms with Crippen molar-refractivity contribution in [1.29, 1.82) is 0 Å². The Labute approximate surface area is 117 Å². The van der Waals surface area contributed by atoms with Gasteiger partial charge in [-0.15, -0.1) is 0 Å². The highest BCUT2D eigenvalue weighted by Crippen LogP contribution is 2.11. The van der Waals surface area contributed by atoms with Crippen LogP contribution < -0.4 is 5.32 Å². The van der Waals surface area contributed by atoms with Gasteiger partial charge < -0.3 is 10.4 Å². The molecule has 0 aromatic heterocycles. The molecule has 104 valence electrons. The number of benzene rings is 1. The first-order chi connectivity index (χ1) is 8.95. The average molecular weight is 281 g/mol. The minimum atomic E-state index is -0.914. The molecular weight excluding hydrogens is 262 g/mol. The van der Waals surface area contributed by atoms with Crippen LogP contribution in [-0.4, -0.2) is 29.3 Å².